The predicted octanol–water partition coefficient (Wildman–Crippen LogP) is 2.48. The summed E-state index contributed by atoms with van der Waals surface area (Å²) in [6, 6.07) is 3.47. The average molecular weight is 341 g/mol. The van der Waals surface area contributed by atoms with E-state index in [0.717, 1.165) is 31.2 Å². The van der Waals surface area contributed by atoms with E-state index in [1.54, 1.807) is 35.9 Å². The van der Waals surface area contributed by atoms with Crippen molar-refractivity contribution in [1.82, 2.24) is 14.5 Å². The van der Waals surface area contributed by atoms with Gasteiger partial charge in [-0.1, -0.05) is 0 Å². The van der Waals surface area contributed by atoms with Gasteiger partial charge in [-0.15, -0.1) is 11.3 Å². The summed E-state index contributed by atoms with van der Waals surface area (Å²) in [5, 5.41) is 9.83. The Morgan fingerprint density at radius 2 is 2.00 bits per heavy atom. The van der Waals surface area contributed by atoms with Gasteiger partial charge >= 0.3 is 5.97 Å². The third kappa shape index (κ3) is 2.41. The molecule has 1 aliphatic rings. The third-order valence-corrected chi connectivity index (χ3v) is 5.49. The number of rotatable bonds is 3. The van der Waals surface area contributed by atoms with Gasteiger partial charge in [0.25, 0.3) is 5.56 Å². The van der Waals surface area contributed by atoms with Crippen LogP contribution >= 0.6 is 11.3 Å². The van der Waals surface area contributed by atoms with E-state index in [1.165, 1.54) is 9.44 Å². The van der Waals surface area contributed by atoms with Gasteiger partial charge in [0, 0.05) is 22.8 Å². The Kier molecular flexibility index (Phi) is 3.65. The molecule has 3 aromatic rings. The van der Waals surface area contributed by atoms with Crippen molar-refractivity contribution in [3.05, 3.63) is 45.3 Å². The molecule has 0 amide bonds. The Morgan fingerprint density at radius 3 is 2.75 bits per heavy atom. The van der Waals surface area contributed by atoms with Gasteiger partial charge in [-0.2, -0.15) is 0 Å². The summed E-state index contributed by atoms with van der Waals surface area (Å²) < 4.78 is 1.27. The van der Waals surface area contributed by atoms with Crippen LogP contribution in [-0.4, -0.2) is 25.6 Å². The summed E-state index contributed by atoms with van der Waals surface area (Å²) in [5.41, 5.74) is 1.50. The monoisotopic (exact) mass is 341 g/mol. The Hall–Kier alpha value is -2.54. The highest BCUT2D eigenvalue weighted by molar-refractivity contribution is 7.18. The third-order valence-electron chi connectivity index (χ3n) is 4.31. The maximum Gasteiger partial charge on any atom is 0.323 e. The molecule has 0 bridgehead atoms. The zero-order valence-corrected chi connectivity index (χ0v) is 13.7. The maximum absolute atomic E-state index is 13.0. The molecule has 1 aliphatic carbocycles. The molecule has 1 N–H and O–H groups in total. The summed E-state index contributed by atoms with van der Waals surface area (Å²) >= 11 is 1.56. The minimum Gasteiger partial charge on any atom is -0.480 e. The largest absolute Gasteiger partial charge is 0.480 e. The first-order chi connectivity index (χ1) is 11.6. The molecule has 0 atom stereocenters. The smallest absolute Gasteiger partial charge is 0.323 e. The van der Waals surface area contributed by atoms with Crippen LogP contribution in [0, 0.1) is 0 Å². The molecule has 0 unspecified atom stereocenters. The predicted molar refractivity (Wildman–Crippen MR) is 91.4 cm³/mol. The van der Waals surface area contributed by atoms with Crippen LogP contribution in [-0.2, 0) is 24.2 Å². The minimum absolute atomic E-state index is 0.256. The molecule has 0 spiro atoms. The number of thiophene rings is 1. The topological polar surface area (TPSA) is 85.1 Å². The number of carboxylic acids is 1. The first kappa shape index (κ1) is 15.0. The highest BCUT2D eigenvalue weighted by Crippen LogP contribution is 2.34. The molecule has 6 nitrogen and oxygen atoms in total. The van der Waals surface area contributed by atoms with Gasteiger partial charge in [0.1, 0.15) is 17.2 Å². The number of aromatic nitrogens is 3. The van der Waals surface area contributed by atoms with Gasteiger partial charge in [-0.3, -0.25) is 19.1 Å². The normalized spacial score (nSPS) is 13.8. The second kappa shape index (κ2) is 5.83. The van der Waals surface area contributed by atoms with E-state index >= 15 is 0 Å². The van der Waals surface area contributed by atoms with Crippen LogP contribution in [0.1, 0.15) is 23.3 Å². The van der Waals surface area contributed by atoms with E-state index in [0.29, 0.717) is 21.6 Å². The minimum atomic E-state index is -1.06. The summed E-state index contributed by atoms with van der Waals surface area (Å²) in [5.74, 6) is -0.673. The molecule has 0 radical (unpaired) electrons. The Labute approximate surface area is 141 Å². The maximum atomic E-state index is 13.0. The van der Waals surface area contributed by atoms with Gasteiger partial charge in [-0.25, -0.2) is 4.98 Å². The van der Waals surface area contributed by atoms with Gasteiger partial charge in [0.15, 0.2) is 0 Å². The van der Waals surface area contributed by atoms with E-state index in [9.17, 15) is 14.7 Å². The first-order valence-electron chi connectivity index (χ1n) is 7.82. The molecule has 0 aliphatic heterocycles. The number of hydrogen-bond acceptors (Lipinski definition) is 5. The lowest BCUT2D eigenvalue weighted by Gasteiger charge is -2.12. The number of aliphatic carboxylic acids is 1. The number of carbonyl (C=O) groups is 1. The van der Waals surface area contributed by atoms with Crippen LogP contribution in [0.2, 0.25) is 0 Å². The SMILES string of the molecule is O=C(O)Cn1c(-c2ccncc2)nc2sc3c(c2c1=O)CCCC3. The lowest BCUT2D eigenvalue weighted by molar-refractivity contribution is -0.137. The average Bonchev–Trinajstić information content (AvgIpc) is 2.96. The molecule has 0 saturated heterocycles. The van der Waals surface area contributed by atoms with E-state index in [1.807, 2.05) is 0 Å². The molecule has 0 aromatic carbocycles. The van der Waals surface area contributed by atoms with Gasteiger partial charge in [0.05, 0.1) is 5.39 Å². The molecular formula is C17H15N3O3S. The number of fused-ring (bicyclic) bond motifs is 3. The van der Waals surface area contributed by atoms with Crippen molar-refractivity contribution < 1.29 is 9.90 Å². The Morgan fingerprint density at radius 1 is 1.25 bits per heavy atom. The highest BCUT2D eigenvalue weighted by atomic mass is 32.1. The van der Waals surface area contributed by atoms with Gasteiger partial charge in [-0.05, 0) is 43.4 Å². The number of aryl methyl sites for hydroxylation is 2. The van der Waals surface area contributed by atoms with E-state index < -0.39 is 12.5 Å². The van der Waals surface area contributed by atoms with Crippen molar-refractivity contribution in [1.29, 1.82) is 0 Å². The quantitative estimate of drug-likeness (QED) is 0.791. The molecule has 7 heteroatoms. The first-order valence-corrected chi connectivity index (χ1v) is 8.64. The fraction of sp³-hybridized carbons (Fsp3) is 0.294. The van der Waals surface area contributed by atoms with Gasteiger partial charge in [0.2, 0.25) is 0 Å². The lowest BCUT2D eigenvalue weighted by Crippen LogP contribution is -2.27. The second-order valence-electron chi connectivity index (χ2n) is 5.85. The molecule has 122 valence electrons. The van der Waals surface area contributed by atoms with E-state index in [4.69, 9.17) is 0 Å². The van der Waals surface area contributed by atoms with Crippen molar-refractivity contribution in [2.45, 2.75) is 32.2 Å². The van der Waals surface area contributed by atoms with E-state index in [2.05, 4.69) is 9.97 Å². The second-order valence-corrected chi connectivity index (χ2v) is 6.93. The van der Waals surface area contributed by atoms with Crippen molar-refractivity contribution >= 4 is 27.5 Å². The summed E-state index contributed by atoms with van der Waals surface area (Å²) in [4.78, 5) is 34.9. The molecule has 3 heterocycles. The molecule has 24 heavy (non-hydrogen) atoms. The van der Waals surface area contributed by atoms with Crippen molar-refractivity contribution in [2.75, 3.05) is 0 Å². The molecule has 0 saturated carbocycles. The van der Waals surface area contributed by atoms with Crippen LogP contribution in [0.15, 0.2) is 29.3 Å². The number of carboxylic acid groups (broad SMARTS) is 1. The standard InChI is InChI=1S/C17H15N3O3S/c21-13(22)9-20-15(10-5-7-18-8-6-10)19-16-14(17(20)23)11-3-1-2-4-12(11)24-16/h5-8H,1-4,9H2,(H,21,22). The Bertz CT molecular complexity index is 992. The summed E-state index contributed by atoms with van der Waals surface area (Å²) in [6.07, 6.45) is 7.24. The molecular weight excluding hydrogens is 326 g/mol. The fourth-order valence-electron chi connectivity index (χ4n) is 3.24. The van der Waals surface area contributed by atoms with Crippen LogP contribution in [0.3, 0.4) is 0 Å². The zero-order chi connectivity index (χ0) is 16.7. The van der Waals surface area contributed by atoms with Gasteiger partial charge < -0.3 is 5.11 Å². The fourth-order valence-corrected chi connectivity index (χ4v) is 4.49. The van der Waals surface area contributed by atoms with E-state index in [-0.39, 0.29) is 5.56 Å². The number of hydrogen-bond donors (Lipinski definition) is 1. The van der Waals surface area contributed by atoms with Crippen LogP contribution in [0.4, 0.5) is 0 Å². The van der Waals surface area contributed by atoms with Crippen molar-refractivity contribution in [3.8, 4) is 11.4 Å². The molecule has 0 fully saturated rings. The lowest BCUT2D eigenvalue weighted by atomic mass is 9.97. The number of pyridine rings is 1. The zero-order valence-electron chi connectivity index (χ0n) is 12.9. The molecule has 4 rings (SSSR count). The highest BCUT2D eigenvalue weighted by Gasteiger charge is 2.23. The summed E-state index contributed by atoms with van der Waals surface area (Å²) in [7, 11) is 0. The van der Waals surface area contributed by atoms with Crippen LogP contribution < -0.4 is 5.56 Å². The number of nitrogens with zero attached hydrogens (tertiary/aromatic N) is 3. The molecule has 3 aromatic heterocycles. The van der Waals surface area contributed by atoms with Crippen LogP contribution in [0.5, 0.6) is 0 Å². The van der Waals surface area contributed by atoms with Crippen molar-refractivity contribution in [2.24, 2.45) is 0 Å². The summed E-state index contributed by atoms with van der Waals surface area (Å²) in [6.45, 7) is -0.399. The Balaban J connectivity index is 2.04. The van der Waals surface area contributed by atoms with Crippen LogP contribution in [0.25, 0.3) is 21.6 Å². The van der Waals surface area contributed by atoms with Crippen molar-refractivity contribution in [3.63, 3.8) is 0 Å².